The van der Waals surface area contributed by atoms with Crippen molar-refractivity contribution in [3.63, 3.8) is 0 Å². The average Bonchev–Trinajstić information content (AvgIpc) is 2.78. The molecule has 0 radical (unpaired) electrons. The Morgan fingerprint density at radius 1 is 0.733 bits per heavy atom. The fourth-order valence-electron chi connectivity index (χ4n) is 2.59. The molecule has 0 saturated carbocycles. The molecule has 3 aromatic carbocycles. The average molecular weight is 401 g/mol. The Bertz CT molecular complexity index is 1080. The molecule has 0 aliphatic rings. The summed E-state index contributed by atoms with van der Waals surface area (Å²) in [5, 5.41) is 13.1. The van der Waals surface area contributed by atoms with Crippen LogP contribution in [-0.4, -0.2) is 22.7 Å². The van der Waals surface area contributed by atoms with Gasteiger partial charge in [0.15, 0.2) is 0 Å². The molecule has 0 aromatic heterocycles. The second-order valence-electron chi connectivity index (χ2n) is 6.20. The lowest BCUT2D eigenvalue weighted by Crippen LogP contribution is -2.44. The fourth-order valence-corrected chi connectivity index (χ4v) is 2.59. The van der Waals surface area contributed by atoms with Gasteiger partial charge >= 0.3 is 5.91 Å². The highest BCUT2D eigenvalue weighted by Gasteiger charge is 2.16. The fraction of sp³-hybridized carbons (Fsp3) is 0. The number of hydrogen-bond donors (Lipinski definition) is 4. The van der Waals surface area contributed by atoms with E-state index in [1.54, 1.807) is 54.6 Å². The summed E-state index contributed by atoms with van der Waals surface area (Å²) in [7, 11) is 0. The summed E-state index contributed by atoms with van der Waals surface area (Å²) in [5.41, 5.74) is 6.25. The number of carbonyl (C=O) groups excluding carboxylic acids is 3. The van der Waals surface area contributed by atoms with Crippen LogP contribution in [0.1, 0.15) is 15.9 Å². The van der Waals surface area contributed by atoms with Crippen LogP contribution in [0.4, 0.5) is 11.4 Å². The first-order valence-electron chi connectivity index (χ1n) is 9.06. The van der Waals surface area contributed by atoms with E-state index in [2.05, 4.69) is 16.2 Å². The third-order valence-electron chi connectivity index (χ3n) is 4.08. The third-order valence-corrected chi connectivity index (χ3v) is 4.08. The molecule has 0 heterocycles. The van der Waals surface area contributed by atoms with E-state index in [-0.39, 0.29) is 11.3 Å². The lowest BCUT2D eigenvalue weighted by atomic mass is 10.1. The normalized spacial score (nSPS) is 10.7. The molecule has 2 amide bonds. The van der Waals surface area contributed by atoms with Crippen molar-refractivity contribution in [3.8, 4) is 0 Å². The zero-order valence-electron chi connectivity index (χ0n) is 15.8. The van der Waals surface area contributed by atoms with Gasteiger partial charge in [-0.1, -0.05) is 60.7 Å². The molecule has 0 unspecified atom stereocenters. The van der Waals surface area contributed by atoms with Crippen LogP contribution in [0.15, 0.2) is 91.0 Å². The predicted molar refractivity (Wildman–Crippen MR) is 114 cm³/mol. The number of amides is 2. The van der Waals surface area contributed by atoms with Gasteiger partial charge in [0.1, 0.15) is 5.76 Å². The number of nitrogens with one attached hydrogen (secondary N) is 3. The zero-order chi connectivity index (χ0) is 21.3. The molecule has 0 aliphatic carbocycles. The summed E-state index contributed by atoms with van der Waals surface area (Å²) in [6.07, 6.45) is 0.793. The minimum Gasteiger partial charge on any atom is -0.507 e. The van der Waals surface area contributed by atoms with Gasteiger partial charge in [-0.25, -0.2) is 0 Å². The van der Waals surface area contributed by atoms with Crippen molar-refractivity contribution >= 4 is 34.7 Å². The summed E-state index contributed by atoms with van der Waals surface area (Å²) in [6, 6.07) is 24.3. The Hall–Kier alpha value is -4.39. The highest BCUT2D eigenvalue weighted by Crippen LogP contribution is 2.20. The van der Waals surface area contributed by atoms with Gasteiger partial charge in [-0.05, 0) is 24.3 Å². The van der Waals surface area contributed by atoms with Gasteiger partial charge in [0.25, 0.3) is 5.91 Å². The molecule has 0 atom stereocenters. The van der Waals surface area contributed by atoms with Crippen LogP contribution in [-0.2, 0) is 9.59 Å². The van der Waals surface area contributed by atoms with Crippen molar-refractivity contribution in [2.24, 2.45) is 0 Å². The number of benzene rings is 3. The van der Waals surface area contributed by atoms with E-state index in [4.69, 9.17) is 0 Å². The number of para-hydroxylation sites is 2. The molecule has 0 fully saturated rings. The van der Waals surface area contributed by atoms with Crippen molar-refractivity contribution in [1.29, 1.82) is 0 Å². The molecule has 3 rings (SSSR count). The number of aliphatic hydroxyl groups excluding tert-OH is 1. The molecule has 0 saturated heterocycles. The molecule has 30 heavy (non-hydrogen) atoms. The molecule has 150 valence electrons. The van der Waals surface area contributed by atoms with Gasteiger partial charge in [-0.15, -0.1) is 0 Å². The van der Waals surface area contributed by atoms with Crippen molar-refractivity contribution in [1.82, 2.24) is 10.9 Å². The lowest BCUT2D eigenvalue weighted by molar-refractivity contribution is -0.135. The quantitative estimate of drug-likeness (QED) is 0.219. The molecule has 4 N–H and O–H groups in total. The van der Waals surface area contributed by atoms with Gasteiger partial charge in [0, 0.05) is 17.3 Å². The van der Waals surface area contributed by atoms with Gasteiger partial charge < -0.3 is 10.4 Å². The van der Waals surface area contributed by atoms with Crippen LogP contribution >= 0.6 is 0 Å². The van der Waals surface area contributed by atoms with Crippen molar-refractivity contribution in [3.05, 3.63) is 102 Å². The minimum absolute atomic E-state index is 0.275. The van der Waals surface area contributed by atoms with Crippen LogP contribution in [0.25, 0.3) is 5.76 Å². The lowest BCUT2D eigenvalue weighted by Gasteiger charge is -2.12. The number of ketones is 1. The number of anilines is 2. The van der Waals surface area contributed by atoms with E-state index in [9.17, 15) is 19.5 Å². The second-order valence-corrected chi connectivity index (χ2v) is 6.20. The van der Waals surface area contributed by atoms with Crippen molar-refractivity contribution in [2.45, 2.75) is 0 Å². The molecule has 7 heteroatoms. The number of hydrogen-bond acceptors (Lipinski definition) is 5. The second kappa shape index (κ2) is 9.70. The van der Waals surface area contributed by atoms with Crippen LogP contribution in [0.3, 0.4) is 0 Å². The maximum atomic E-state index is 12.5. The van der Waals surface area contributed by atoms with E-state index in [1.165, 1.54) is 0 Å². The largest absolute Gasteiger partial charge is 0.507 e. The van der Waals surface area contributed by atoms with E-state index in [0.29, 0.717) is 11.3 Å². The molecular formula is C23H19N3O4. The van der Waals surface area contributed by atoms with Crippen LogP contribution < -0.4 is 16.2 Å². The van der Waals surface area contributed by atoms with Crippen molar-refractivity contribution < 1.29 is 19.5 Å². The molecule has 3 aromatic rings. The predicted octanol–water partition coefficient (Wildman–Crippen LogP) is 3.36. The summed E-state index contributed by atoms with van der Waals surface area (Å²) < 4.78 is 0. The number of aliphatic hydroxyl groups is 1. The number of carbonyl (C=O) groups is 3. The highest BCUT2D eigenvalue weighted by molar-refractivity contribution is 6.41. The first-order valence-corrected chi connectivity index (χ1v) is 9.06. The van der Waals surface area contributed by atoms with E-state index in [1.807, 2.05) is 30.3 Å². The van der Waals surface area contributed by atoms with Gasteiger partial charge in [0.05, 0.1) is 11.3 Å². The van der Waals surface area contributed by atoms with Crippen LogP contribution in [0.5, 0.6) is 0 Å². The molecule has 7 nitrogen and oxygen atoms in total. The Labute approximate surface area is 173 Å². The molecule has 0 aliphatic heterocycles. The summed E-state index contributed by atoms with van der Waals surface area (Å²) in [5.74, 6) is -3.04. The van der Waals surface area contributed by atoms with Gasteiger partial charge in [-0.3, -0.25) is 25.2 Å². The Morgan fingerprint density at radius 2 is 1.33 bits per heavy atom. The van der Waals surface area contributed by atoms with E-state index < -0.39 is 17.6 Å². The first-order chi connectivity index (χ1) is 14.5. The molecular weight excluding hydrogens is 382 g/mol. The van der Waals surface area contributed by atoms with Gasteiger partial charge in [-0.2, -0.15) is 0 Å². The first kappa shape index (κ1) is 20.3. The Balaban J connectivity index is 1.63. The van der Waals surface area contributed by atoms with Crippen LogP contribution in [0.2, 0.25) is 0 Å². The standard InChI is InChI=1S/C23H19N3O4/c27-20(16-9-3-1-4-10-16)15-21(28)23(30)26-25-22(29)18-13-7-8-14-19(18)24-17-11-5-2-6-12-17/h1-15,24,27H,(H,25,29)(H,26,30). The topological polar surface area (TPSA) is 108 Å². The van der Waals surface area contributed by atoms with Gasteiger partial charge in [0.2, 0.25) is 5.78 Å². The Morgan fingerprint density at radius 3 is 2.03 bits per heavy atom. The maximum Gasteiger partial charge on any atom is 0.310 e. The third kappa shape index (κ3) is 5.32. The number of hydrazine groups is 1. The summed E-state index contributed by atoms with van der Waals surface area (Å²) in [6.45, 7) is 0. The smallest absolute Gasteiger partial charge is 0.310 e. The molecule has 0 spiro atoms. The van der Waals surface area contributed by atoms with E-state index >= 15 is 0 Å². The molecule has 0 bridgehead atoms. The minimum atomic E-state index is -1.08. The zero-order valence-corrected chi connectivity index (χ0v) is 15.8. The summed E-state index contributed by atoms with van der Waals surface area (Å²) >= 11 is 0. The Kier molecular flexibility index (Phi) is 6.58. The number of rotatable bonds is 6. The van der Waals surface area contributed by atoms with Crippen molar-refractivity contribution in [2.75, 3.05) is 5.32 Å². The maximum absolute atomic E-state index is 12.5. The summed E-state index contributed by atoms with van der Waals surface area (Å²) in [4.78, 5) is 36.4. The van der Waals surface area contributed by atoms with E-state index in [0.717, 1.165) is 11.8 Å². The highest BCUT2D eigenvalue weighted by atomic mass is 16.3. The SMILES string of the molecule is O=C(C=C(O)c1ccccc1)C(=O)NNC(=O)c1ccccc1Nc1ccccc1. The monoisotopic (exact) mass is 401 g/mol. The van der Waals surface area contributed by atoms with Crippen LogP contribution in [0, 0.1) is 0 Å².